The molecule has 0 aromatic heterocycles. The van der Waals surface area contributed by atoms with Crippen LogP contribution >= 0.6 is 0 Å². The average Bonchev–Trinajstić information content (AvgIpc) is 2.41. The molecule has 0 aromatic carbocycles. The van der Waals surface area contributed by atoms with E-state index in [0.717, 1.165) is 19.3 Å². The zero-order valence-electron chi connectivity index (χ0n) is 11.7. The summed E-state index contributed by atoms with van der Waals surface area (Å²) in [6.07, 6.45) is 2.68. The van der Waals surface area contributed by atoms with Gasteiger partial charge >= 0.3 is 12.0 Å². The van der Waals surface area contributed by atoms with Crippen LogP contribution in [-0.4, -0.2) is 55.2 Å². The minimum absolute atomic E-state index is 0.0596. The van der Waals surface area contributed by atoms with Gasteiger partial charge in [-0.3, -0.25) is 9.79 Å². The van der Waals surface area contributed by atoms with E-state index in [0.29, 0.717) is 13.1 Å². The Kier molecular flexibility index (Phi) is 9.96. The van der Waals surface area contributed by atoms with Crippen LogP contribution in [0.2, 0.25) is 0 Å². The summed E-state index contributed by atoms with van der Waals surface area (Å²) in [6, 6.07) is -1.63. The Hall–Kier alpha value is -2.52. The van der Waals surface area contributed by atoms with Gasteiger partial charge in [-0.15, -0.1) is 0 Å². The number of hydrogen-bond donors (Lipinski definition) is 6. The van der Waals surface area contributed by atoms with Crippen LogP contribution < -0.4 is 27.4 Å². The number of amides is 3. The first-order valence-electron chi connectivity index (χ1n) is 6.47. The van der Waals surface area contributed by atoms with Crippen molar-refractivity contribution < 1.29 is 19.5 Å². The fourth-order valence-electron chi connectivity index (χ4n) is 1.38. The van der Waals surface area contributed by atoms with Gasteiger partial charge in [0.25, 0.3) is 0 Å². The Morgan fingerprint density at radius 3 is 2.48 bits per heavy atom. The van der Waals surface area contributed by atoms with E-state index in [1.165, 1.54) is 0 Å². The number of aliphatic carboxylic acids is 1. The zero-order chi connectivity index (χ0) is 16.1. The van der Waals surface area contributed by atoms with Crippen LogP contribution in [0.1, 0.15) is 19.3 Å². The van der Waals surface area contributed by atoms with E-state index < -0.39 is 18.0 Å². The Morgan fingerprint density at radius 1 is 1.19 bits per heavy atom. The van der Waals surface area contributed by atoms with Crippen molar-refractivity contribution in [1.29, 1.82) is 0 Å². The minimum Gasteiger partial charge on any atom is -0.480 e. The molecule has 0 unspecified atom stereocenters. The molecule has 10 heteroatoms. The molecule has 0 bridgehead atoms. The monoisotopic (exact) mass is 302 g/mol. The molecule has 0 saturated heterocycles. The molecule has 0 aliphatic carbocycles. The predicted octanol–water partition coefficient (Wildman–Crippen LogP) is -2.07. The van der Waals surface area contributed by atoms with E-state index >= 15 is 0 Å². The van der Waals surface area contributed by atoms with Crippen LogP contribution in [0.25, 0.3) is 0 Å². The molecule has 120 valence electrons. The van der Waals surface area contributed by atoms with Crippen molar-refractivity contribution >= 4 is 24.4 Å². The van der Waals surface area contributed by atoms with E-state index in [2.05, 4.69) is 20.9 Å². The van der Waals surface area contributed by atoms with Crippen LogP contribution in [0, 0.1) is 0 Å². The van der Waals surface area contributed by atoms with Gasteiger partial charge < -0.3 is 32.5 Å². The van der Waals surface area contributed by atoms with E-state index in [1.54, 1.807) is 0 Å². The minimum atomic E-state index is -1.22. The summed E-state index contributed by atoms with van der Waals surface area (Å²) in [5.74, 6) is -1.16. The second-order valence-corrected chi connectivity index (χ2v) is 4.18. The molecule has 0 aliphatic rings. The standard InChI is InChI=1S/C11H22N6O4/c12-10(13)14-4-2-1-3-5-15-11(21)16-6-8(9(19)20)17-7-18/h7-8H,1-6H2,(H,17,18)(H,19,20)(H4,12,13,14)(H2,15,16,21)/t8-/m0/s1. The third-order valence-electron chi connectivity index (χ3n) is 2.45. The summed E-state index contributed by atoms with van der Waals surface area (Å²) in [6.45, 7) is 0.809. The number of rotatable bonds is 11. The van der Waals surface area contributed by atoms with Crippen LogP contribution in [0.3, 0.4) is 0 Å². The van der Waals surface area contributed by atoms with Gasteiger partial charge in [0.15, 0.2) is 5.96 Å². The third-order valence-corrected chi connectivity index (χ3v) is 2.45. The molecule has 0 aliphatic heterocycles. The number of carbonyl (C=O) groups is 3. The second-order valence-electron chi connectivity index (χ2n) is 4.18. The number of guanidine groups is 1. The Labute approximate surface area is 122 Å². The average molecular weight is 302 g/mol. The number of nitrogens with zero attached hydrogens (tertiary/aromatic N) is 1. The lowest BCUT2D eigenvalue weighted by Crippen LogP contribution is -2.48. The van der Waals surface area contributed by atoms with Gasteiger partial charge in [0.05, 0.1) is 6.54 Å². The SMILES string of the molecule is NC(N)=NCCCCCNC(=O)NC[C@H](NC=O)C(=O)O. The van der Waals surface area contributed by atoms with Crippen molar-refractivity contribution in [2.24, 2.45) is 16.5 Å². The van der Waals surface area contributed by atoms with Crippen molar-refractivity contribution in [2.75, 3.05) is 19.6 Å². The summed E-state index contributed by atoms with van der Waals surface area (Å²) in [5.41, 5.74) is 10.3. The maximum atomic E-state index is 11.4. The second kappa shape index (κ2) is 11.3. The Bertz CT molecular complexity index is 370. The van der Waals surface area contributed by atoms with Gasteiger partial charge in [-0.05, 0) is 19.3 Å². The summed E-state index contributed by atoms with van der Waals surface area (Å²) in [4.78, 5) is 36.1. The van der Waals surface area contributed by atoms with Crippen LogP contribution in [0.5, 0.6) is 0 Å². The molecular formula is C11H22N6O4. The smallest absolute Gasteiger partial charge is 0.328 e. The number of carboxylic acids is 1. The quantitative estimate of drug-likeness (QED) is 0.111. The van der Waals surface area contributed by atoms with Gasteiger partial charge in [-0.1, -0.05) is 0 Å². The van der Waals surface area contributed by atoms with Crippen LogP contribution in [0.4, 0.5) is 4.79 Å². The lowest BCUT2D eigenvalue weighted by atomic mass is 10.2. The van der Waals surface area contributed by atoms with Crippen LogP contribution in [-0.2, 0) is 9.59 Å². The fourth-order valence-corrected chi connectivity index (χ4v) is 1.38. The van der Waals surface area contributed by atoms with Crippen molar-refractivity contribution in [3.8, 4) is 0 Å². The lowest BCUT2D eigenvalue weighted by molar-refractivity contribution is -0.140. The molecular weight excluding hydrogens is 280 g/mol. The maximum absolute atomic E-state index is 11.4. The van der Waals surface area contributed by atoms with Crippen molar-refractivity contribution in [3.05, 3.63) is 0 Å². The normalized spacial score (nSPS) is 11.0. The lowest BCUT2D eigenvalue weighted by Gasteiger charge is -2.12. The number of urea groups is 1. The predicted molar refractivity (Wildman–Crippen MR) is 76.6 cm³/mol. The van der Waals surface area contributed by atoms with E-state index in [9.17, 15) is 14.4 Å². The number of nitrogens with two attached hydrogens (primary N) is 2. The molecule has 8 N–H and O–H groups in total. The van der Waals surface area contributed by atoms with Crippen LogP contribution in [0.15, 0.2) is 4.99 Å². The first-order chi connectivity index (χ1) is 9.97. The number of hydrogen-bond acceptors (Lipinski definition) is 4. The highest BCUT2D eigenvalue weighted by Gasteiger charge is 2.16. The van der Waals surface area contributed by atoms with Gasteiger partial charge in [0.2, 0.25) is 6.41 Å². The maximum Gasteiger partial charge on any atom is 0.328 e. The Balaban J connectivity index is 3.64. The summed E-state index contributed by atoms with van der Waals surface area (Å²) in [7, 11) is 0. The van der Waals surface area contributed by atoms with E-state index in [1.807, 2.05) is 0 Å². The van der Waals surface area contributed by atoms with Gasteiger partial charge in [0, 0.05) is 13.1 Å². The van der Waals surface area contributed by atoms with E-state index in [4.69, 9.17) is 16.6 Å². The van der Waals surface area contributed by atoms with Gasteiger partial charge in [-0.2, -0.15) is 0 Å². The van der Waals surface area contributed by atoms with Crippen molar-refractivity contribution in [2.45, 2.75) is 25.3 Å². The number of nitrogens with one attached hydrogen (secondary N) is 3. The molecule has 10 nitrogen and oxygen atoms in total. The van der Waals surface area contributed by atoms with Crippen molar-refractivity contribution in [3.63, 3.8) is 0 Å². The summed E-state index contributed by atoms with van der Waals surface area (Å²) >= 11 is 0. The van der Waals surface area contributed by atoms with Gasteiger partial charge in [-0.25, -0.2) is 9.59 Å². The molecule has 21 heavy (non-hydrogen) atoms. The number of carbonyl (C=O) groups excluding carboxylic acids is 2. The summed E-state index contributed by atoms with van der Waals surface area (Å²) in [5, 5.41) is 15.7. The molecule has 0 saturated carbocycles. The molecule has 0 spiro atoms. The molecule has 0 fully saturated rings. The zero-order valence-corrected chi connectivity index (χ0v) is 11.7. The molecule has 0 rings (SSSR count). The molecule has 0 aromatic rings. The largest absolute Gasteiger partial charge is 0.480 e. The van der Waals surface area contributed by atoms with E-state index in [-0.39, 0.29) is 18.9 Å². The first-order valence-corrected chi connectivity index (χ1v) is 6.47. The van der Waals surface area contributed by atoms with Gasteiger partial charge in [0.1, 0.15) is 6.04 Å². The molecule has 1 atom stereocenters. The highest BCUT2D eigenvalue weighted by Crippen LogP contribution is 1.94. The fraction of sp³-hybridized carbons (Fsp3) is 0.636. The topological polar surface area (TPSA) is 172 Å². The highest BCUT2D eigenvalue weighted by molar-refractivity contribution is 5.79. The number of carboxylic acid groups (broad SMARTS) is 1. The first kappa shape index (κ1) is 18.5. The number of unbranched alkanes of at least 4 members (excludes halogenated alkanes) is 2. The molecule has 0 radical (unpaired) electrons. The Morgan fingerprint density at radius 2 is 1.90 bits per heavy atom. The van der Waals surface area contributed by atoms with Crippen molar-refractivity contribution in [1.82, 2.24) is 16.0 Å². The number of aliphatic imine (C=N–C) groups is 1. The summed E-state index contributed by atoms with van der Waals surface area (Å²) < 4.78 is 0. The molecule has 0 heterocycles. The highest BCUT2D eigenvalue weighted by atomic mass is 16.4. The third kappa shape index (κ3) is 11.0. The molecule has 3 amide bonds.